The molecule has 1 N–H and O–H groups in total. The molecule has 0 saturated heterocycles. The highest BCUT2D eigenvalue weighted by Crippen LogP contribution is 2.27. The Labute approximate surface area is 122 Å². The number of hydrogen-bond acceptors (Lipinski definition) is 4. The number of carbonyl (C=O) groups is 1. The van der Waals surface area contributed by atoms with E-state index in [4.69, 9.17) is 16.3 Å². The minimum absolute atomic E-state index is 0.302. The first-order valence-corrected chi connectivity index (χ1v) is 6.47. The fraction of sp³-hybridized carbons (Fsp3) is 0.214. The van der Waals surface area contributed by atoms with E-state index in [0.29, 0.717) is 22.2 Å². The van der Waals surface area contributed by atoms with Gasteiger partial charge in [-0.15, -0.1) is 0 Å². The van der Waals surface area contributed by atoms with Crippen LogP contribution >= 0.6 is 11.6 Å². The first-order chi connectivity index (χ1) is 9.63. The Bertz CT molecular complexity index is 632. The summed E-state index contributed by atoms with van der Waals surface area (Å²) in [6, 6.07) is 6.70. The number of nitrogens with one attached hydrogen (secondary N) is 1. The third kappa shape index (κ3) is 3.24. The van der Waals surface area contributed by atoms with Crippen LogP contribution in [-0.2, 0) is 6.42 Å². The number of hydrogen-bond donors (Lipinski definition) is 1. The molecular weight excluding hydrogens is 278 g/mol. The van der Waals surface area contributed by atoms with Crippen molar-refractivity contribution in [3.8, 4) is 5.75 Å². The normalized spacial score (nSPS) is 10.2. The molecule has 2 aromatic rings. The van der Waals surface area contributed by atoms with Crippen molar-refractivity contribution in [1.29, 1.82) is 0 Å². The van der Waals surface area contributed by atoms with Crippen LogP contribution in [0.3, 0.4) is 0 Å². The number of carbonyl (C=O) groups excluding carboxylic acids is 1. The second kappa shape index (κ2) is 6.34. The lowest BCUT2D eigenvalue weighted by atomic mass is 10.2. The SMILES string of the molecule is CCc1cc(C(=O)Nc2ccc(OC)c(Cl)c2)ncn1. The third-order valence-electron chi connectivity index (χ3n) is 2.73. The number of anilines is 1. The van der Waals surface area contributed by atoms with Crippen LogP contribution < -0.4 is 10.1 Å². The summed E-state index contributed by atoms with van der Waals surface area (Å²) in [7, 11) is 1.53. The Balaban J connectivity index is 2.16. The quantitative estimate of drug-likeness (QED) is 0.940. The number of ether oxygens (including phenoxy) is 1. The minimum atomic E-state index is -0.302. The monoisotopic (exact) mass is 291 g/mol. The van der Waals surface area contributed by atoms with Crippen molar-refractivity contribution in [1.82, 2.24) is 9.97 Å². The van der Waals surface area contributed by atoms with Crippen molar-refractivity contribution < 1.29 is 9.53 Å². The molecule has 0 aliphatic rings. The Morgan fingerprint density at radius 2 is 2.15 bits per heavy atom. The van der Waals surface area contributed by atoms with E-state index in [2.05, 4.69) is 15.3 Å². The molecule has 1 aromatic heterocycles. The highest BCUT2D eigenvalue weighted by Gasteiger charge is 2.10. The molecule has 0 bridgehead atoms. The number of methoxy groups -OCH3 is 1. The summed E-state index contributed by atoms with van der Waals surface area (Å²) in [6.07, 6.45) is 2.13. The van der Waals surface area contributed by atoms with Gasteiger partial charge in [0.25, 0.3) is 5.91 Å². The van der Waals surface area contributed by atoms with E-state index in [0.717, 1.165) is 12.1 Å². The largest absolute Gasteiger partial charge is 0.495 e. The maximum absolute atomic E-state index is 12.1. The maximum Gasteiger partial charge on any atom is 0.274 e. The third-order valence-corrected chi connectivity index (χ3v) is 3.02. The summed E-state index contributed by atoms with van der Waals surface area (Å²) in [4.78, 5) is 20.1. The summed E-state index contributed by atoms with van der Waals surface area (Å²) in [6.45, 7) is 1.97. The summed E-state index contributed by atoms with van der Waals surface area (Å²) in [5, 5.41) is 3.17. The molecular formula is C14H14ClN3O2. The summed E-state index contributed by atoms with van der Waals surface area (Å²) >= 11 is 6.00. The van der Waals surface area contributed by atoms with Crippen LogP contribution in [0.2, 0.25) is 5.02 Å². The Kier molecular flexibility index (Phi) is 4.53. The van der Waals surface area contributed by atoms with E-state index in [1.165, 1.54) is 13.4 Å². The fourth-order valence-corrected chi connectivity index (χ4v) is 1.91. The van der Waals surface area contributed by atoms with Crippen molar-refractivity contribution in [2.75, 3.05) is 12.4 Å². The lowest BCUT2D eigenvalue weighted by molar-refractivity contribution is 0.102. The van der Waals surface area contributed by atoms with Crippen LogP contribution in [0.25, 0.3) is 0 Å². The maximum atomic E-state index is 12.1. The lowest BCUT2D eigenvalue weighted by Gasteiger charge is -2.08. The van der Waals surface area contributed by atoms with Gasteiger partial charge in [0.15, 0.2) is 0 Å². The molecule has 104 valence electrons. The molecule has 5 nitrogen and oxygen atoms in total. The van der Waals surface area contributed by atoms with E-state index in [1.54, 1.807) is 24.3 Å². The summed E-state index contributed by atoms with van der Waals surface area (Å²) in [5.41, 5.74) is 1.72. The molecule has 2 rings (SSSR count). The van der Waals surface area contributed by atoms with E-state index >= 15 is 0 Å². The van der Waals surface area contributed by atoms with Gasteiger partial charge in [-0.05, 0) is 30.7 Å². The van der Waals surface area contributed by atoms with Gasteiger partial charge in [0.1, 0.15) is 17.8 Å². The van der Waals surface area contributed by atoms with Gasteiger partial charge in [-0.1, -0.05) is 18.5 Å². The number of amides is 1. The summed E-state index contributed by atoms with van der Waals surface area (Å²) < 4.78 is 5.05. The Hall–Kier alpha value is -2.14. The van der Waals surface area contributed by atoms with Crippen LogP contribution in [0.5, 0.6) is 5.75 Å². The topological polar surface area (TPSA) is 64.1 Å². The molecule has 20 heavy (non-hydrogen) atoms. The summed E-state index contributed by atoms with van der Waals surface area (Å²) in [5.74, 6) is 0.253. The van der Waals surface area contributed by atoms with E-state index < -0.39 is 0 Å². The number of rotatable bonds is 4. The number of halogens is 1. The molecule has 6 heteroatoms. The molecule has 0 radical (unpaired) electrons. The standard InChI is InChI=1S/C14H14ClN3O2/c1-3-9-7-12(17-8-16-9)14(19)18-10-4-5-13(20-2)11(15)6-10/h4-8H,3H2,1-2H3,(H,18,19). The zero-order valence-corrected chi connectivity index (χ0v) is 11.9. The van der Waals surface area contributed by atoms with Crippen molar-refractivity contribution in [2.24, 2.45) is 0 Å². The molecule has 0 saturated carbocycles. The van der Waals surface area contributed by atoms with E-state index in [9.17, 15) is 4.79 Å². The number of aromatic nitrogens is 2. The average molecular weight is 292 g/mol. The molecule has 1 amide bonds. The van der Waals surface area contributed by atoms with Crippen molar-refractivity contribution in [2.45, 2.75) is 13.3 Å². The van der Waals surface area contributed by atoms with Crippen molar-refractivity contribution in [3.05, 3.63) is 47.0 Å². The Morgan fingerprint density at radius 3 is 2.80 bits per heavy atom. The molecule has 1 aromatic carbocycles. The molecule has 0 unspecified atom stereocenters. The molecule has 0 aliphatic heterocycles. The van der Waals surface area contributed by atoms with E-state index in [-0.39, 0.29) is 5.91 Å². The zero-order chi connectivity index (χ0) is 14.5. The minimum Gasteiger partial charge on any atom is -0.495 e. The average Bonchev–Trinajstić information content (AvgIpc) is 2.47. The van der Waals surface area contributed by atoms with Gasteiger partial charge in [0, 0.05) is 11.4 Å². The first kappa shape index (κ1) is 14.3. The lowest BCUT2D eigenvalue weighted by Crippen LogP contribution is -2.14. The van der Waals surface area contributed by atoms with Crippen LogP contribution in [0, 0.1) is 0 Å². The first-order valence-electron chi connectivity index (χ1n) is 6.10. The molecule has 0 aliphatic carbocycles. The van der Waals surface area contributed by atoms with Gasteiger partial charge in [0.2, 0.25) is 0 Å². The smallest absolute Gasteiger partial charge is 0.274 e. The zero-order valence-electron chi connectivity index (χ0n) is 11.2. The van der Waals surface area contributed by atoms with Gasteiger partial charge >= 0.3 is 0 Å². The van der Waals surface area contributed by atoms with Crippen LogP contribution in [0.15, 0.2) is 30.6 Å². The predicted octanol–water partition coefficient (Wildman–Crippen LogP) is 2.95. The second-order valence-electron chi connectivity index (χ2n) is 4.05. The van der Waals surface area contributed by atoms with Gasteiger partial charge in [-0.2, -0.15) is 0 Å². The van der Waals surface area contributed by atoms with Gasteiger partial charge in [0.05, 0.1) is 12.1 Å². The fourth-order valence-electron chi connectivity index (χ4n) is 1.65. The predicted molar refractivity (Wildman–Crippen MR) is 77.4 cm³/mol. The van der Waals surface area contributed by atoms with E-state index in [1.807, 2.05) is 6.92 Å². The van der Waals surface area contributed by atoms with Gasteiger partial charge < -0.3 is 10.1 Å². The van der Waals surface area contributed by atoms with Crippen LogP contribution in [-0.4, -0.2) is 23.0 Å². The highest BCUT2D eigenvalue weighted by atomic mass is 35.5. The van der Waals surface area contributed by atoms with Crippen molar-refractivity contribution >= 4 is 23.2 Å². The number of aryl methyl sites for hydroxylation is 1. The molecule has 0 fully saturated rings. The van der Waals surface area contributed by atoms with Gasteiger partial charge in [-0.3, -0.25) is 4.79 Å². The molecule has 0 atom stereocenters. The number of nitrogens with zero attached hydrogens (tertiary/aromatic N) is 2. The van der Waals surface area contributed by atoms with Gasteiger partial charge in [-0.25, -0.2) is 9.97 Å². The number of benzene rings is 1. The molecule has 1 heterocycles. The Morgan fingerprint density at radius 1 is 1.35 bits per heavy atom. The highest BCUT2D eigenvalue weighted by molar-refractivity contribution is 6.32. The van der Waals surface area contributed by atoms with Crippen LogP contribution in [0.1, 0.15) is 23.1 Å². The van der Waals surface area contributed by atoms with Crippen molar-refractivity contribution in [3.63, 3.8) is 0 Å². The van der Waals surface area contributed by atoms with Crippen LogP contribution in [0.4, 0.5) is 5.69 Å². The molecule has 0 spiro atoms. The second-order valence-corrected chi connectivity index (χ2v) is 4.46.